The normalized spacial score (nSPS) is 12.4. The number of fused-ring (bicyclic) bond motifs is 1. The number of hydrogen-bond acceptors (Lipinski definition) is 4. The van der Waals surface area contributed by atoms with Gasteiger partial charge in [-0.15, -0.1) is 0 Å². The van der Waals surface area contributed by atoms with Gasteiger partial charge in [0.2, 0.25) is 0 Å². The maximum absolute atomic E-state index is 11.9. The second-order valence-corrected chi connectivity index (χ2v) is 3.54. The topological polar surface area (TPSA) is 96.3 Å². The van der Waals surface area contributed by atoms with Gasteiger partial charge in [-0.3, -0.25) is 4.79 Å². The highest BCUT2D eigenvalue weighted by Crippen LogP contribution is 2.33. The molecule has 0 saturated carbocycles. The minimum atomic E-state index is -0.273. The van der Waals surface area contributed by atoms with Crippen molar-refractivity contribution in [2.75, 3.05) is 26.3 Å². The van der Waals surface area contributed by atoms with Crippen LogP contribution in [0.4, 0.5) is 0 Å². The van der Waals surface area contributed by atoms with Gasteiger partial charge in [-0.25, -0.2) is 0 Å². The van der Waals surface area contributed by atoms with Crippen molar-refractivity contribution in [1.29, 1.82) is 0 Å². The average Bonchev–Trinajstić information content (AvgIpc) is 2.43. The molecule has 1 N–H and O–H groups in total. The number of carbonyl (C=O) groups excluding carboxylic acids is 1. The summed E-state index contributed by atoms with van der Waals surface area (Å²) in [7, 11) is 0. The van der Waals surface area contributed by atoms with E-state index in [9.17, 15) is 4.79 Å². The molecule has 0 saturated heterocycles. The Kier molecular flexibility index (Phi) is 3.88. The van der Waals surface area contributed by atoms with Gasteiger partial charge < -0.3 is 14.8 Å². The molecule has 0 aliphatic carbocycles. The third kappa shape index (κ3) is 2.64. The zero-order chi connectivity index (χ0) is 12.8. The van der Waals surface area contributed by atoms with Gasteiger partial charge in [-0.2, -0.15) is 0 Å². The van der Waals surface area contributed by atoms with Crippen LogP contribution in [0.5, 0.6) is 11.5 Å². The number of benzene rings is 1. The van der Waals surface area contributed by atoms with Crippen LogP contribution in [0.25, 0.3) is 10.4 Å². The Morgan fingerprint density at radius 2 is 2.28 bits per heavy atom. The predicted octanol–water partition coefficient (Wildman–Crippen LogP) is 1.50. The quantitative estimate of drug-likeness (QED) is 0.378. The highest BCUT2D eigenvalue weighted by molar-refractivity contribution is 5.97. The Bertz CT molecular complexity index is 497. The fourth-order valence-electron chi connectivity index (χ4n) is 1.61. The molecule has 1 aromatic carbocycles. The van der Waals surface area contributed by atoms with Crippen molar-refractivity contribution in [1.82, 2.24) is 5.32 Å². The molecule has 0 spiro atoms. The predicted molar refractivity (Wildman–Crippen MR) is 63.8 cm³/mol. The van der Waals surface area contributed by atoms with Crippen molar-refractivity contribution in [2.24, 2.45) is 5.11 Å². The summed E-state index contributed by atoms with van der Waals surface area (Å²) in [6, 6.07) is 5.15. The first-order valence-corrected chi connectivity index (χ1v) is 5.50. The summed E-state index contributed by atoms with van der Waals surface area (Å²) in [5.41, 5.74) is 8.54. The standard InChI is InChI=1S/C11H12N4O3/c12-15-14-5-4-13-11(16)8-2-1-3-9-10(8)18-7-6-17-9/h1-3H,4-7H2,(H,13,16). The molecular weight excluding hydrogens is 236 g/mol. The summed E-state index contributed by atoms with van der Waals surface area (Å²) in [6.45, 7) is 1.41. The first kappa shape index (κ1) is 12.1. The highest BCUT2D eigenvalue weighted by atomic mass is 16.6. The number of carbonyl (C=O) groups is 1. The van der Waals surface area contributed by atoms with Gasteiger partial charge in [0.1, 0.15) is 13.2 Å². The fourth-order valence-corrected chi connectivity index (χ4v) is 1.61. The summed E-state index contributed by atoms with van der Waals surface area (Å²) < 4.78 is 10.8. The summed E-state index contributed by atoms with van der Waals surface area (Å²) in [6.07, 6.45) is 0. The van der Waals surface area contributed by atoms with Crippen LogP contribution in [0.1, 0.15) is 10.4 Å². The number of hydrogen-bond donors (Lipinski definition) is 1. The molecule has 1 aromatic rings. The minimum Gasteiger partial charge on any atom is -0.486 e. The first-order valence-electron chi connectivity index (χ1n) is 5.50. The lowest BCUT2D eigenvalue weighted by Gasteiger charge is -2.20. The number of amides is 1. The fraction of sp³-hybridized carbons (Fsp3) is 0.364. The van der Waals surface area contributed by atoms with Gasteiger partial charge in [0.15, 0.2) is 11.5 Å². The highest BCUT2D eigenvalue weighted by Gasteiger charge is 2.19. The minimum absolute atomic E-state index is 0.217. The molecule has 0 atom stereocenters. The van der Waals surface area contributed by atoms with E-state index in [4.69, 9.17) is 15.0 Å². The van der Waals surface area contributed by atoms with E-state index >= 15 is 0 Å². The lowest BCUT2D eigenvalue weighted by molar-refractivity contribution is 0.0943. The number of nitrogens with one attached hydrogen (secondary N) is 1. The molecule has 0 unspecified atom stereocenters. The summed E-state index contributed by atoms with van der Waals surface area (Å²) in [4.78, 5) is 14.5. The number of nitrogens with zero attached hydrogens (tertiary/aromatic N) is 3. The molecule has 7 nitrogen and oxygen atoms in total. The summed E-state index contributed by atoms with van der Waals surface area (Å²) in [5.74, 6) is 0.763. The van der Waals surface area contributed by atoms with E-state index in [1.54, 1.807) is 18.2 Å². The molecule has 1 aliphatic rings. The molecule has 1 heterocycles. The van der Waals surface area contributed by atoms with Crippen molar-refractivity contribution in [3.63, 3.8) is 0 Å². The van der Waals surface area contributed by atoms with E-state index in [0.717, 1.165) is 0 Å². The third-order valence-corrected chi connectivity index (χ3v) is 2.37. The van der Waals surface area contributed by atoms with Gasteiger partial charge in [-0.1, -0.05) is 11.2 Å². The van der Waals surface area contributed by atoms with Crippen LogP contribution < -0.4 is 14.8 Å². The smallest absolute Gasteiger partial charge is 0.255 e. The zero-order valence-electron chi connectivity index (χ0n) is 9.63. The lowest BCUT2D eigenvalue weighted by Crippen LogP contribution is -2.27. The zero-order valence-corrected chi connectivity index (χ0v) is 9.63. The van der Waals surface area contributed by atoms with Crippen LogP contribution in [0, 0.1) is 0 Å². The Morgan fingerprint density at radius 3 is 3.11 bits per heavy atom. The molecule has 0 aromatic heterocycles. The molecule has 0 bridgehead atoms. The molecule has 94 valence electrons. The van der Waals surface area contributed by atoms with Crippen LogP contribution in [0.2, 0.25) is 0 Å². The largest absolute Gasteiger partial charge is 0.486 e. The van der Waals surface area contributed by atoms with Crippen molar-refractivity contribution in [3.8, 4) is 11.5 Å². The SMILES string of the molecule is [N-]=[N+]=NCCNC(=O)c1cccc2c1OCCO2. The second-order valence-electron chi connectivity index (χ2n) is 3.54. The lowest BCUT2D eigenvalue weighted by atomic mass is 10.1. The van der Waals surface area contributed by atoms with E-state index in [1.807, 2.05) is 0 Å². The van der Waals surface area contributed by atoms with Crippen molar-refractivity contribution >= 4 is 5.91 Å². The Balaban J connectivity index is 2.08. The van der Waals surface area contributed by atoms with E-state index in [1.165, 1.54) is 0 Å². The molecule has 7 heteroatoms. The Hall–Kier alpha value is -2.40. The Labute approximate surface area is 103 Å². The first-order chi connectivity index (χ1) is 8.83. The average molecular weight is 248 g/mol. The van der Waals surface area contributed by atoms with Crippen LogP contribution >= 0.6 is 0 Å². The van der Waals surface area contributed by atoms with Crippen LogP contribution in [-0.4, -0.2) is 32.2 Å². The molecule has 0 radical (unpaired) electrons. The molecule has 1 amide bonds. The van der Waals surface area contributed by atoms with Crippen LogP contribution in [0.15, 0.2) is 23.3 Å². The van der Waals surface area contributed by atoms with E-state index in [0.29, 0.717) is 30.3 Å². The van der Waals surface area contributed by atoms with E-state index in [-0.39, 0.29) is 19.0 Å². The summed E-state index contributed by atoms with van der Waals surface area (Å²) >= 11 is 0. The van der Waals surface area contributed by atoms with Crippen molar-refractivity contribution in [3.05, 3.63) is 34.2 Å². The van der Waals surface area contributed by atoms with Crippen molar-refractivity contribution < 1.29 is 14.3 Å². The van der Waals surface area contributed by atoms with Crippen LogP contribution in [-0.2, 0) is 0 Å². The molecule has 0 fully saturated rings. The Morgan fingerprint density at radius 1 is 1.44 bits per heavy atom. The molecule has 1 aliphatic heterocycles. The monoisotopic (exact) mass is 248 g/mol. The maximum atomic E-state index is 11.9. The van der Waals surface area contributed by atoms with Gasteiger partial charge in [0, 0.05) is 18.0 Å². The molecule has 18 heavy (non-hydrogen) atoms. The number of para-hydroxylation sites is 1. The molecular formula is C11H12N4O3. The summed E-state index contributed by atoms with van der Waals surface area (Å²) in [5, 5.41) is 5.98. The number of azide groups is 1. The molecule has 2 rings (SSSR count). The van der Waals surface area contributed by atoms with Crippen LogP contribution in [0.3, 0.4) is 0 Å². The van der Waals surface area contributed by atoms with E-state index in [2.05, 4.69) is 15.3 Å². The van der Waals surface area contributed by atoms with E-state index < -0.39 is 0 Å². The maximum Gasteiger partial charge on any atom is 0.255 e. The van der Waals surface area contributed by atoms with Gasteiger partial charge in [-0.05, 0) is 17.7 Å². The third-order valence-electron chi connectivity index (χ3n) is 2.37. The number of rotatable bonds is 4. The second kappa shape index (κ2) is 5.79. The van der Waals surface area contributed by atoms with Gasteiger partial charge >= 0.3 is 0 Å². The van der Waals surface area contributed by atoms with Crippen molar-refractivity contribution in [2.45, 2.75) is 0 Å². The number of ether oxygens (including phenoxy) is 2. The van der Waals surface area contributed by atoms with Gasteiger partial charge in [0.05, 0.1) is 5.56 Å². The van der Waals surface area contributed by atoms with Gasteiger partial charge in [0.25, 0.3) is 5.91 Å².